The number of nitrogens with zero attached hydrogens (tertiary/aromatic N) is 4. The van der Waals surface area contributed by atoms with Gasteiger partial charge in [-0.15, -0.1) is 0 Å². The molecule has 0 amide bonds. The van der Waals surface area contributed by atoms with Crippen molar-refractivity contribution in [3.63, 3.8) is 0 Å². The third-order valence-electron chi connectivity index (χ3n) is 4.60. The van der Waals surface area contributed by atoms with Gasteiger partial charge in [-0.2, -0.15) is 5.10 Å². The number of hydrogen-bond acceptors (Lipinski definition) is 5. The van der Waals surface area contributed by atoms with E-state index in [0.717, 1.165) is 48.8 Å². The van der Waals surface area contributed by atoms with Crippen LogP contribution in [0.25, 0.3) is 11.3 Å². The molecule has 124 valence electrons. The van der Waals surface area contributed by atoms with E-state index in [1.165, 1.54) is 12.0 Å². The van der Waals surface area contributed by atoms with Gasteiger partial charge >= 0.3 is 0 Å². The van der Waals surface area contributed by atoms with E-state index in [-0.39, 0.29) is 0 Å². The van der Waals surface area contributed by atoms with E-state index in [0.29, 0.717) is 5.92 Å². The highest BCUT2D eigenvalue weighted by atomic mass is 16.5. The van der Waals surface area contributed by atoms with Gasteiger partial charge in [0.15, 0.2) is 5.76 Å². The Bertz CT molecular complexity index is 795. The van der Waals surface area contributed by atoms with E-state index < -0.39 is 0 Å². The van der Waals surface area contributed by atoms with Crippen molar-refractivity contribution in [3.8, 4) is 11.3 Å². The van der Waals surface area contributed by atoms with E-state index >= 15 is 0 Å². The molecule has 3 aromatic heterocycles. The molecule has 0 radical (unpaired) electrons. The maximum absolute atomic E-state index is 5.43. The lowest BCUT2D eigenvalue weighted by Gasteiger charge is -2.32. The number of aryl methyl sites for hydroxylation is 1. The summed E-state index contributed by atoms with van der Waals surface area (Å²) in [6, 6.07) is 6.09. The SMILES string of the molecule is Cc1cc(-c2cn[nH]c2C2CCCN(Cc3cccnc3)C2)on1. The highest BCUT2D eigenvalue weighted by Crippen LogP contribution is 2.33. The van der Waals surface area contributed by atoms with Crippen LogP contribution in [-0.2, 0) is 6.54 Å². The van der Waals surface area contributed by atoms with Gasteiger partial charge in [0.25, 0.3) is 0 Å². The van der Waals surface area contributed by atoms with E-state index in [4.69, 9.17) is 4.52 Å². The Labute approximate surface area is 140 Å². The molecule has 1 unspecified atom stereocenters. The summed E-state index contributed by atoms with van der Waals surface area (Å²) in [6.07, 6.45) is 7.95. The van der Waals surface area contributed by atoms with Gasteiger partial charge in [-0.3, -0.25) is 15.0 Å². The first-order chi connectivity index (χ1) is 11.8. The highest BCUT2D eigenvalue weighted by Gasteiger charge is 2.26. The molecular weight excluding hydrogens is 302 g/mol. The molecule has 6 heteroatoms. The third kappa shape index (κ3) is 3.10. The summed E-state index contributed by atoms with van der Waals surface area (Å²) in [5.41, 5.74) is 4.33. The van der Waals surface area contributed by atoms with Crippen LogP contribution < -0.4 is 0 Å². The zero-order chi connectivity index (χ0) is 16.4. The molecule has 1 fully saturated rings. The molecule has 0 saturated carbocycles. The van der Waals surface area contributed by atoms with Crippen LogP contribution in [0.5, 0.6) is 0 Å². The molecule has 0 aliphatic carbocycles. The average Bonchev–Trinajstić information content (AvgIpc) is 3.24. The molecule has 24 heavy (non-hydrogen) atoms. The van der Waals surface area contributed by atoms with Crippen LogP contribution in [0.4, 0.5) is 0 Å². The Morgan fingerprint density at radius 3 is 3.12 bits per heavy atom. The molecule has 1 aliphatic rings. The Morgan fingerprint density at radius 1 is 1.38 bits per heavy atom. The minimum atomic E-state index is 0.429. The van der Waals surface area contributed by atoms with Gasteiger partial charge in [0.2, 0.25) is 0 Å². The lowest BCUT2D eigenvalue weighted by Crippen LogP contribution is -2.34. The second-order valence-corrected chi connectivity index (χ2v) is 6.47. The molecule has 4 heterocycles. The molecule has 3 aromatic rings. The molecule has 1 N–H and O–H groups in total. The number of pyridine rings is 1. The summed E-state index contributed by atoms with van der Waals surface area (Å²) < 4.78 is 5.43. The number of piperidine rings is 1. The van der Waals surface area contributed by atoms with Gasteiger partial charge in [-0.1, -0.05) is 11.2 Å². The predicted molar refractivity (Wildman–Crippen MR) is 90.3 cm³/mol. The fraction of sp³-hybridized carbons (Fsp3) is 0.389. The van der Waals surface area contributed by atoms with Gasteiger partial charge in [-0.25, -0.2) is 0 Å². The maximum Gasteiger partial charge on any atom is 0.170 e. The summed E-state index contributed by atoms with van der Waals surface area (Å²) in [6.45, 7) is 5.01. The monoisotopic (exact) mass is 323 g/mol. The van der Waals surface area contributed by atoms with Gasteiger partial charge in [-0.05, 0) is 37.9 Å². The van der Waals surface area contributed by atoms with E-state index in [2.05, 4.69) is 31.3 Å². The number of hydrogen-bond donors (Lipinski definition) is 1. The second kappa shape index (κ2) is 6.57. The van der Waals surface area contributed by atoms with Crippen molar-refractivity contribution in [3.05, 3.63) is 53.7 Å². The van der Waals surface area contributed by atoms with E-state index in [9.17, 15) is 0 Å². The van der Waals surface area contributed by atoms with Gasteiger partial charge in [0.05, 0.1) is 23.1 Å². The normalized spacial score (nSPS) is 18.8. The summed E-state index contributed by atoms with van der Waals surface area (Å²) in [5, 5.41) is 11.4. The summed E-state index contributed by atoms with van der Waals surface area (Å²) >= 11 is 0. The Balaban J connectivity index is 1.52. The first-order valence-corrected chi connectivity index (χ1v) is 8.38. The number of aromatic amines is 1. The Hall–Kier alpha value is -2.47. The van der Waals surface area contributed by atoms with Crippen molar-refractivity contribution >= 4 is 0 Å². The highest BCUT2D eigenvalue weighted by molar-refractivity contribution is 5.60. The van der Waals surface area contributed by atoms with Crippen molar-refractivity contribution in [2.45, 2.75) is 32.2 Å². The second-order valence-electron chi connectivity index (χ2n) is 6.47. The summed E-state index contributed by atoms with van der Waals surface area (Å²) in [5.74, 6) is 1.22. The van der Waals surface area contributed by atoms with Gasteiger partial charge in [0.1, 0.15) is 0 Å². The van der Waals surface area contributed by atoms with Crippen molar-refractivity contribution < 1.29 is 4.52 Å². The van der Waals surface area contributed by atoms with Crippen LogP contribution in [0.2, 0.25) is 0 Å². The molecule has 0 spiro atoms. The Kier molecular flexibility index (Phi) is 4.13. The van der Waals surface area contributed by atoms with Crippen LogP contribution in [0.15, 0.2) is 41.3 Å². The first kappa shape index (κ1) is 15.1. The fourth-order valence-corrected chi connectivity index (χ4v) is 3.48. The van der Waals surface area contributed by atoms with Gasteiger partial charge in [0, 0.05) is 37.5 Å². The topological polar surface area (TPSA) is 70.8 Å². The standard InChI is InChI=1S/C18H21N5O/c1-13-8-17(24-22-13)16-10-20-21-18(16)15-5-3-7-23(12-15)11-14-4-2-6-19-9-14/h2,4,6,8-10,15H,3,5,7,11-12H2,1H3,(H,20,21). The minimum Gasteiger partial charge on any atom is -0.356 e. The summed E-state index contributed by atoms with van der Waals surface area (Å²) in [7, 11) is 0. The minimum absolute atomic E-state index is 0.429. The van der Waals surface area contributed by atoms with Crippen molar-refractivity contribution in [1.82, 2.24) is 25.2 Å². The number of aromatic nitrogens is 4. The molecule has 1 atom stereocenters. The largest absolute Gasteiger partial charge is 0.356 e. The van der Waals surface area contributed by atoms with Crippen LogP contribution in [0, 0.1) is 6.92 Å². The van der Waals surface area contributed by atoms with Crippen molar-refractivity contribution in [2.75, 3.05) is 13.1 Å². The van der Waals surface area contributed by atoms with E-state index in [1.54, 1.807) is 0 Å². The molecule has 4 rings (SSSR count). The number of nitrogens with one attached hydrogen (secondary N) is 1. The number of H-pyrrole nitrogens is 1. The molecule has 1 saturated heterocycles. The predicted octanol–water partition coefficient (Wildman–Crippen LogP) is 3.15. The summed E-state index contributed by atoms with van der Waals surface area (Å²) in [4.78, 5) is 6.70. The van der Waals surface area contributed by atoms with Gasteiger partial charge < -0.3 is 4.52 Å². The molecule has 0 bridgehead atoms. The maximum atomic E-state index is 5.43. The average molecular weight is 323 g/mol. The first-order valence-electron chi connectivity index (χ1n) is 8.38. The lowest BCUT2D eigenvalue weighted by atomic mass is 9.91. The number of likely N-dealkylation sites (tertiary alicyclic amines) is 1. The van der Waals surface area contributed by atoms with E-state index in [1.807, 2.05) is 37.6 Å². The Morgan fingerprint density at radius 2 is 2.33 bits per heavy atom. The number of rotatable bonds is 4. The molecule has 6 nitrogen and oxygen atoms in total. The fourth-order valence-electron chi connectivity index (χ4n) is 3.48. The molecule has 1 aliphatic heterocycles. The van der Waals surface area contributed by atoms with Crippen LogP contribution >= 0.6 is 0 Å². The lowest BCUT2D eigenvalue weighted by molar-refractivity contribution is 0.198. The molecular formula is C18H21N5O. The van der Waals surface area contributed by atoms with Crippen molar-refractivity contribution in [1.29, 1.82) is 0 Å². The third-order valence-corrected chi connectivity index (χ3v) is 4.60. The zero-order valence-corrected chi connectivity index (χ0v) is 13.8. The molecule has 0 aromatic carbocycles. The zero-order valence-electron chi connectivity index (χ0n) is 13.8. The van der Waals surface area contributed by atoms with Crippen LogP contribution in [0.3, 0.4) is 0 Å². The van der Waals surface area contributed by atoms with Crippen LogP contribution in [0.1, 0.15) is 35.7 Å². The van der Waals surface area contributed by atoms with Crippen LogP contribution in [-0.4, -0.2) is 38.3 Å². The quantitative estimate of drug-likeness (QED) is 0.798. The smallest absolute Gasteiger partial charge is 0.170 e. The van der Waals surface area contributed by atoms with Crippen molar-refractivity contribution in [2.24, 2.45) is 0 Å².